The van der Waals surface area contributed by atoms with Gasteiger partial charge in [0.15, 0.2) is 0 Å². The van der Waals surface area contributed by atoms with Crippen molar-refractivity contribution in [2.24, 2.45) is 4.99 Å². The molecule has 0 aliphatic carbocycles. The van der Waals surface area contributed by atoms with E-state index in [1.54, 1.807) is 0 Å². The second-order valence-electron chi connectivity index (χ2n) is 7.70. The molecule has 1 atom stereocenters. The number of nitrogens with one attached hydrogen (secondary N) is 1. The monoisotopic (exact) mass is 447 g/mol. The van der Waals surface area contributed by atoms with Crippen LogP contribution in [0.1, 0.15) is 24.9 Å². The number of amidine groups is 1. The van der Waals surface area contributed by atoms with Gasteiger partial charge in [-0.3, -0.25) is 4.31 Å². The first-order valence-electron chi connectivity index (χ1n) is 10.4. The Kier molecular flexibility index (Phi) is 7.84. The fourth-order valence-electron chi connectivity index (χ4n) is 3.27. The van der Waals surface area contributed by atoms with Crippen molar-refractivity contribution in [3.8, 4) is 0 Å². The zero-order valence-corrected chi connectivity index (χ0v) is 19.5. The van der Waals surface area contributed by atoms with Crippen LogP contribution in [-0.2, 0) is 10.0 Å². The number of sulfonamides is 1. The number of anilines is 1. The van der Waals surface area contributed by atoms with Crippen LogP contribution in [0.5, 0.6) is 0 Å². The molecule has 0 aliphatic rings. The Balaban J connectivity index is 1.93. The zero-order valence-electron chi connectivity index (χ0n) is 18.6. The second kappa shape index (κ2) is 10.8. The molecule has 0 bridgehead atoms. The summed E-state index contributed by atoms with van der Waals surface area (Å²) >= 11 is 0. The molecule has 5 nitrogen and oxygen atoms in total. The van der Waals surface area contributed by atoms with Gasteiger partial charge in [0, 0.05) is 12.7 Å². The third-order valence-corrected chi connectivity index (χ3v) is 6.22. The summed E-state index contributed by atoms with van der Waals surface area (Å²) in [5.74, 6) is 0.378. The molecule has 32 heavy (non-hydrogen) atoms. The van der Waals surface area contributed by atoms with E-state index in [0.717, 1.165) is 16.8 Å². The van der Waals surface area contributed by atoms with Gasteiger partial charge in [-0.25, -0.2) is 13.4 Å². The summed E-state index contributed by atoms with van der Waals surface area (Å²) in [6.07, 6.45) is 3.71. The van der Waals surface area contributed by atoms with Crippen LogP contribution >= 0.6 is 0 Å². The average molecular weight is 448 g/mol. The molecule has 0 heterocycles. The summed E-state index contributed by atoms with van der Waals surface area (Å²) in [7, 11) is -1.93. The van der Waals surface area contributed by atoms with Gasteiger partial charge in [0.1, 0.15) is 5.84 Å². The molecule has 0 amide bonds. The predicted molar refractivity (Wildman–Crippen MR) is 134 cm³/mol. The average Bonchev–Trinajstić information content (AvgIpc) is 2.79. The van der Waals surface area contributed by atoms with E-state index < -0.39 is 10.0 Å². The Bertz CT molecular complexity index is 1160. The van der Waals surface area contributed by atoms with Gasteiger partial charge in [-0.2, -0.15) is 0 Å². The summed E-state index contributed by atoms with van der Waals surface area (Å²) in [6, 6.07) is 29.7. The second-order valence-corrected chi connectivity index (χ2v) is 9.72. The number of likely N-dealkylation sites (N-methyl/N-ethyl adjacent to an activating group) is 1. The molecule has 0 aliphatic heterocycles. The van der Waals surface area contributed by atoms with Gasteiger partial charge in [0.05, 0.1) is 18.0 Å². The normalized spacial score (nSPS) is 13.5. The highest BCUT2D eigenvalue weighted by Crippen LogP contribution is 2.26. The molecule has 1 unspecified atom stereocenters. The number of hydrogen-bond acceptors (Lipinski definition) is 4. The minimum Gasteiger partial charge on any atom is -0.378 e. The first-order chi connectivity index (χ1) is 15.3. The highest BCUT2D eigenvalue weighted by Gasteiger charge is 2.17. The van der Waals surface area contributed by atoms with E-state index in [9.17, 15) is 8.42 Å². The van der Waals surface area contributed by atoms with Gasteiger partial charge >= 0.3 is 0 Å². The molecule has 0 radical (unpaired) electrons. The number of para-hydroxylation sites is 2. The standard InChI is InChI=1S/C26H29N3O2S/c1-21(20-26(29(2)32(3,30)31)28-24-17-11-6-12-18-24)19-25(22-13-7-4-8-14-22)27-23-15-9-5-10-16-23/h4-18,20,25,27H,19H2,1-3H3/b21-20+,28-26?. The number of rotatable bonds is 8. The molecule has 0 saturated carbocycles. The number of aliphatic imine (C=N–C) groups is 1. The molecule has 0 aromatic heterocycles. The highest BCUT2D eigenvalue weighted by molar-refractivity contribution is 7.88. The van der Waals surface area contributed by atoms with Gasteiger partial charge in [0.2, 0.25) is 10.0 Å². The SMILES string of the molecule is C/C(=C\C(=Nc1ccccc1)N(C)S(C)(=O)=O)CC(Nc1ccccc1)c1ccccc1. The van der Waals surface area contributed by atoms with Gasteiger partial charge in [-0.15, -0.1) is 0 Å². The Morgan fingerprint density at radius 1 is 0.938 bits per heavy atom. The van der Waals surface area contributed by atoms with Gasteiger partial charge < -0.3 is 5.32 Å². The molecule has 0 saturated heterocycles. The van der Waals surface area contributed by atoms with Crippen molar-refractivity contribution in [3.05, 3.63) is 108 Å². The van der Waals surface area contributed by atoms with E-state index >= 15 is 0 Å². The van der Waals surface area contributed by atoms with Crippen molar-refractivity contribution in [3.63, 3.8) is 0 Å². The van der Waals surface area contributed by atoms with Crippen molar-refractivity contribution in [1.29, 1.82) is 0 Å². The summed E-state index contributed by atoms with van der Waals surface area (Å²) in [5, 5.41) is 3.60. The van der Waals surface area contributed by atoms with Crippen LogP contribution in [0.25, 0.3) is 0 Å². The van der Waals surface area contributed by atoms with Crippen molar-refractivity contribution in [1.82, 2.24) is 4.31 Å². The fraction of sp³-hybridized carbons (Fsp3) is 0.192. The van der Waals surface area contributed by atoms with Gasteiger partial charge in [-0.1, -0.05) is 72.3 Å². The van der Waals surface area contributed by atoms with E-state index in [2.05, 4.69) is 22.4 Å². The largest absolute Gasteiger partial charge is 0.378 e. The van der Waals surface area contributed by atoms with Crippen molar-refractivity contribution in [2.45, 2.75) is 19.4 Å². The van der Waals surface area contributed by atoms with E-state index in [-0.39, 0.29) is 6.04 Å². The molecular formula is C26H29N3O2S. The van der Waals surface area contributed by atoms with E-state index in [0.29, 0.717) is 17.9 Å². The third kappa shape index (κ3) is 6.82. The predicted octanol–water partition coefficient (Wildman–Crippen LogP) is 5.80. The van der Waals surface area contributed by atoms with Crippen LogP contribution < -0.4 is 5.32 Å². The molecule has 6 heteroatoms. The minimum absolute atomic E-state index is 0.0244. The van der Waals surface area contributed by atoms with E-state index in [1.165, 1.54) is 17.6 Å². The molecular weight excluding hydrogens is 418 g/mol. The maximum Gasteiger partial charge on any atom is 0.233 e. The maximum absolute atomic E-state index is 12.2. The van der Waals surface area contributed by atoms with Gasteiger partial charge in [0.25, 0.3) is 0 Å². The smallest absolute Gasteiger partial charge is 0.233 e. The van der Waals surface area contributed by atoms with E-state index in [4.69, 9.17) is 0 Å². The Labute approximate surface area is 191 Å². The van der Waals surface area contributed by atoms with Crippen LogP contribution in [0.3, 0.4) is 0 Å². The van der Waals surface area contributed by atoms with Crippen LogP contribution in [0.4, 0.5) is 11.4 Å². The topological polar surface area (TPSA) is 61.8 Å². The fourth-order valence-corrected chi connectivity index (χ4v) is 3.71. The van der Waals surface area contributed by atoms with Gasteiger partial charge in [-0.05, 0) is 49.2 Å². The Hall–Kier alpha value is -3.38. The summed E-state index contributed by atoms with van der Waals surface area (Å²) in [6.45, 7) is 2.00. The first-order valence-corrected chi connectivity index (χ1v) is 12.3. The lowest BCUT2D eigenvalue weighted by atomic mass is 9.99. The Morgan fingerprint density at radius 2 is 1.47 bits per heavy atom. The van der Waals surface area contributed by atoms with Crippen LogP contribution in [0.2, 0.25) is 0 Å². The van der Waals surface area contributed by atoms with Crippen LogP contribution in [0, 0.1) is 0 Å². The molecule has 3 aromatic carbocycles. The lowest BCUT2D eigenvalue weighted by molar-refractivity contribution is 0.560. The summed E-state index contributed by atoms with van der Waals surface area (Å²) in [4.78, 5) is 4.60. The van der Waals surface area contributed by atoms with Crippen LogP contribution in [0.15, 0.2) is 108 Å². The lowest BCUT2D eigenvalue weighted by Crippen LogP contribution is -2.31. The third-order valence-electron chi connectivity index (χ3n) is 5.04. The molecule has 3 aromatic rings. The summed E-state index contributed by atoms with van der Waals surface area (Å²) in [5.41, 5.74) is 3.89. The number of hydrogen-bond donors (Lipinski definition) is 1. The van der Waals surface area contributed by atoms with Crippen LogP contribution in [-0.4, -0.2) is 31.9 Å². The zero-order chi connectivity index (χ0) is 23.0. The highest BCUT2D eigenvalue weighted by atomic mass is 32.2. The quantitative estimate of drug-likeness (QED) is 0.351. The molecule has 0 spiro atoms. The summed E-state index contributed by atoms with van der Waals surface area (Å²) < 4.78 is 25.7. The molecule has 0 fully saturated rings. The lowest BCUT2D eigenvalue weighted by Gasteiger charge is -2.22. The Morgan fingerprint density at radius 3 is 2.03 bits per heavy atom. The molecule has 3 rings (SSSR count). The van der Waals surface area contributed by atoms with Crippen molar-refractivity contribution >= 4 is 27.2 Å². The van der Waals surface area contributed by atoms with E-state index in [1.807, 2.05) is 91.9 Å². The number of nitrogens with zero attached hydrogens (tertiary/aromatic N) is 2. The minimum atomic E-state index is -3.45. The maximum atomic E-state index is 12.2. The number of benzene rings is 3. The first kappa shape index (κ1) is 23.3. The molecule has 1 N–H and O–H groups in total. The van der Waals surface area contributed by atoms with Crippen molar-refractivity contribution in [2.75, 3.05) is 18.6 Å². The molecule has 166 valence electrons. The van der Waals surface area contributed by atoms with Crippen molar-refractivity contribution < 1.29 is 8.42 Å².